The summed E-state index contributed by atoms with van der Waals surface area (Å²) in [6, 6.07) is 12.6. The summed E-state index contributed by atoms with van der Waals surface area (Å²) in [5.41, 5.74) is 2.72. The third kappa shape index (κ3) is 3.50. The fraction of sp³-hybridized carbons (Fsp3) is 0.158. The Kier molecular flexibility index (Phi) is 4.63. The maximum absolute atomic E-state index is 12.4. The molecule has 4 aromatic rings. The van der Waals surface area contributed by atoms with Crippen LogP contribution in [0.4, 0.5) is 5.69 Å². The summed E-state index contributed by atoms with van der Waals surface area (Å²) in [6.45, 7) is 1.88. The molecular formula is C19H17N7O2. The summed E-state index contributed by atoms with van der Waals surface area (Å²) in [6.07, 6.45) is 2.02. The van der Waals surface area contributed by atoms with E-state index < -0.39 is 0 Å². The first kappa shape index (κ1) is 17.5. The second-order valence-corrected chi connectivity index (χ2v) is 6.28. The van der Waals surface area contributed by atoms with Crippen molar-refractivity contribution in [1.82, 2.24) is 30.2 Å². The van der Waals surface area contributed by atoms with E-state index in [1.807, 2.05) is 31.2 Å². The molecule has 2 N–H and O–H groups in total. The fourth-order valence-electron chi connectivity index (χ4n) is 2.98. The number of hydrogen-bond donors (Lipinski definition) is 2. The van der Waals surface area contributed by atoms with Crippen LogP contribution >= 0.6 is 0 Å². The Hall–Kier alpha value is -3.88. The van der Waals surface area contributed by atoms with Crippen molar-refractivity contribution in [3.05, 3.63) is 70.5 Å². The molecule has 2 heterocycles. The SMILES string of the molecule is Cc1c(NC(=O)CCc2nc3ccccc3c(=O)[nH]2)cccc1-n1cnnn1. The Morgan fingerprint density at radius 1 is 1.18 bits per heavy atom. The number of hydrogen-bond acceptors (Lipinski definition) is 6. The summed E-state index contributed by atoms with van der Waals surface area (Å²) in [5.74, 6) is 0.311. The van der Waals surface area contributed by atoms with Gasteiger partial charge < -0.3 is 10.3 Å². The van der Waals surface area contributed by atoms with Crippen LogP contribution in [0.3, 0.4) is 0 Å². The summed E-state index contributed by atoms with van der Waals surface area (Å²) in [7, 11) is 0. The number of fused-ring (bicyclic) bond motifs is 1. The Morgan fingerprint density at radius 2 is 2.04 bits per heavy atom. The minimum Gasteiger partial charge on any atom is -0.326 e. The predicted molar refractivity (Wildman–Crippen MR) is 103 cm³/mol. The maximum atomic E-state index is 12.4. The smallest absolute Gasteiger partial charge is 0.258 e. The van der Waals surface area contributed by atoms with Crippen LogP contribution in [0.1, 0.15) is 17.8 Å². The molecule has 2 aromatic carbocycles. The highest BCUT2D eigenvalue weighted by molar-refractivity contribution is 5.92. The molecule has 0 spiro atoms. The van der Waals surface area contributed by atoms with E-state index in [0.29, 0.717) is 28.8 Å². The summed E-state index contributed by atoms with van der Waals surface area (Å²) in [5, 5.41) is 14.6. The Labute approximate surface area is 159 Å². The van der Waals surface area contributed by atoms with Gasteiger partial charge in [0.15, 0.2) is 0 Å². The molecule has 0 fully saturated rings. The molecule has 28 heavy (non-hydrogen) atoms. The van der Waals surface area contributed by atoms with Crippen LogP contribution in [0.5, 0.6) is 0 Å². The molecule has 0 saturated carbocycles. The Bertz CT molecular complexity index is 1200. The zero-order chi connectivity index (χ0) is 19.5. The molecule has 0 unspecified atom stereocenters. The number of amides is 1. The first-order valence-corrected chi connectivity index (χ1v) is 8.72. The van der Waals surface area contributed by atoms with Crippen molar-refractivity contribution in [2.24, 2.45) is 0 Å². The van der Waals surface area contributed by atoms with Crippen molar-refractivity contribution in [3.63, 3.8) is 0 Å². The molecule has 0 bridgehead atoms. The van der Waals surface area contributed by atoms with E-state index in [9.17, 15) is 9.59 Å². The van der Waals surface area contributed by atoms with Crippen LogP contribution < -0.4 is 10.9 Å². The van der Waals surface area contributed by atoms with Crippen LogP contribution in [-0.2, 0) is 11.2 Å². The topological polar surface area (TPSA) is 118 Å². The number of aryl methyl sites for hydroxylation is 1. The molecule has 140 valence electrons. The number of benzene rings is 2. The number of para-hydroxylation sites is 1. The van der Waals surface area contributed by atoms with Crippen molar-refractivity contribution in [2.45, 2.75) is 19.8 Å². The van der Waals surface area contributed by atoms with Crippen LogP contribution in [0.25, 0.3) is 16.6 Å². The normalized spacial score (nSPS) is 10.9. The van der Waals surface area contributed by atoms with Crippen molar-refractivity contribution < 1.29 is 4.79 Å². The highest BCUT2D eigenvalue weighted by Crippen LogP contribution is 2.21. The van der Waals surface area contributed by atoms with Gasteiger partial charge in [0.1, 0.15) is 12.2 Å². The lowest BCUT2D eigenvalue weighted by Gasteiger charge is -2.12. The molecule has 9 heteroatoms. The lowest BCUT2D eigenvalue weighted by molar-refractivity contribution is -0.116. The summed E-state index contributed by atoms with van der Waals surface area (Å²) >= 11 is 0. The number of rotatable bonds is 5. The van der Waals surface area contributed by atoms with Crippen molar-refractivity contribution in [1.29, 1.82) is 0 Å². The van der Waals surface area contributed by atoms with E-state index in [-0.39, 0.29) is 17.9 Å². The first-order valence-electron chi connectivity index (χ1n) is 8.72. The molecular weight excluding hydrogens is 358 g/mol. The van der Waals surface area contributed by atoms with Gasteiger partial charge in [-0.1, -0.05) is 18.2 Å². The lowest BCUT2D eigenvalue weighted by Crippen LogP contribution is -2.17. The molecule has 4 rings (SSSR count). The van der Waals surface area contributed by atoms with Gasteiger partial charge in [-0.15, -0.1) is 5.10 Å². The number of anilines is 1. The second-order valence-electron chi connectivity index (χ2n) is 6.28. The highest BCUT2D eigenvalue weighted by atomic mass is 16.1. The number of nitrogens with one attached hydrogen (secondary N) is 2. The fourth-order valence-corrected chi connectivity index (χ4v) is 2.98. The Morgan fingerprint density at radius 3 is 2.86 bits per heavy atom. The third-order valence-electron chi connectivity index (χ3n) is 4.43. The van der Waals surface area contributed by atoms with Crippen LogP contribution in [0, 0.1) is 6.92 Å². The van der Waals surface area contributed by atoms with Crippen LogP contribution in [0.15, 0.2) is 53.6 Å². The van der Waals surface area contributed by atoms with E-state index in [1.165, 1.54) is 11.0 Å². The van der Waals surface area contributed by atoms with Crippen molar-refractivity contribution >= 4 is 22.5 Å². The number of carbonyl (C=O) groups excluding carboxylic acids is 1. The van der Waals surface area contributed by atoms with Crippen LogP contribution in [0.2, 0.25) is 0 Å². The van der Waals surface area contributed by atoms with Gasteiger partial charge >= 0.3 is 0 Å². The van der Waals surface area contributed by atoms with Gasteiger partial charge in [-0.2, -0.15) is 0 Å². The van der Waals surface area contributed by atoms with Gasteiger partial charge in [0.2, 0.25) is 5.91 Å². The molecule has 9 nitrogen and oxygen atoms in total. The summed E-state index contributed by atoms with van der Waals surface area (Å²) < 4.78 is 1.54. The molecule has 1 amide bonds. The minimum atomic E-state index is -0.203. The molecule has 0 aliphatic heterocycles. The first-order chi connectivity index (χ1) is 13.6. The minimum absolute atomic E-state index is 0.173. The van der Waals surface area contributed by atoms with Gasteiger partial charge in [0.05, 0.1) is 16.6 Å². The summed E-state index contributed by atoms with van der Waals surface area (Å²) in [4.78, 5) is 31.7. The average Bonchev–Trinajstić information content (AvgIpc) is 3.23. The van der Waals surface area contributed by atoms with E-state index in [2.05, 4.69) is 30.8 Å². The standard InChI is InChI=1S/C19H17N7O2/c1-12-14(7-4-8-16(12)26-11-20-24-25-26)22-18(27)10-9-17-21-15-6-3-2-5-13(15)19(28)23-17/h2-8,11H,9-10H2,1H3,(H,22,27)(H,21,23,28). The van der Waals surface area contributed by atoms with Gasteiger partial charge in [-0.05, 0) is 47.2 Å². The number of nitrogens with zero attached hydrogens (tertiary/aromatic N) is 5. The van der Waals surface area contributed by atoms with E-state index in [0.717, 1.165) is 11.3 Å². The molecule has 2 aromatic heterocycles. The third-order valence-corrected chi connectivity index (χ3v) is 4.43. The number of aromatic amines is 1. The van der Waals surface area contributed by atoms with E-state index >= 15 is 0 Å². The molecule has 0 aliphatic rings. The van der Waals surface area contributed by atoms with Crippen molar-refractivity contribution in [3.8, 4) is 5.69 Å². The average molecular weight is 375 g/mol. The molecule has 0 saturated heterocycles. The van der Waals surface area contributed by atoms with Crippen molar-refractivity contribution in [2.75, 3.05) is 5.32 Å². The number of tetrazole rings is 1. The lowest BCUT2D eigenvalue weighted by atomic mass is 10.1. The molecule has 0 aliphatic carbocycles. The monoisotopic (exact) mass is 375 g/mol. The quantitative estimate of drug-likeness (QED) is 0.549. The number of carbonyl (C=O) groups is 1. The molecule has 0 radical (unpaired) electrons. The maximum Gasteiger partial charge on any atom is 0.258 e. The Balaban J connectivity index is 1.47. The van der Waals surface area contributed by atoms with Gasteiger partial charge in [-0.25, -0.2) is 9.67 Å². The van der Waals surface area contributed by atoms with E-state index in [4.69, 9.17) is 0 Å². The van der Waals surface area contributed by atoms with Gasteiger partial charge in [-0.3, -0.25) is 9.59 Å². The van der Waals surface area contributed by atoms with Crippen LogP contribution in [-0.4, -0.2) is 36.1 Å². The van der Waals surface area contributed by atoms with Gasteiger partial charge in [0.25, 0.3) is 5.56 Å². The van der Waals surface area contributed by atoms with E-state index in [1.54, 1.807) is 18.2 Å². The zero-order valence-electron chi connectivity index (χ0n) is 15.1. The van der Waals surface area contributed by atoms with Gasteiger partial charge in [0, 0.05) is 18.5 Å². The molecule has 0 atom stereocenters. The number of aromatic nitrogens is 6. The zero-order valence-corrected chi connectivity index (χ0v) is 15.1. The number of H-pyrrole nitrogens is 1. The predicted octanol–water partition coefficient (Wildman–Crippen LogP) is 1.78. The largest absolute Gasteiger partial charge is 0.326 e. The second kappa shape index (κ2) is 7.39. The highest BCUT2D eigenvalue weighted by Gasteiger charge is 2.11.